The maximum atomic E-state index is 11.9. The van der Waals surface area contributed by atoms with E-state index in [1.807, 2.05) is 0 Å². The minimum atomic E-state index is -0.703. The largest absolute Gasteiger partial charge is 0.331 e. The molecular weight excluding hydrogens is 266 g/mol. The number of hydrogen-bond acceptors (Lipinski definition) is 3. The average Bonchev–Trinajstić information content (AvgIpc) is 2.34. The van der Waals surface area contributed by atoms with Crippen LogP contribution in [-0.2, 0) is 9.59 Å². The van der Waals surface area contributed by atoms with E-state index in [1.165, 1.54) is 17.2 Å². The van der Waals surface area contributed by atoms with Gasteiger partial charge in [-0.15, -0.1) is 0 Å². The minimum Gasteiger partial charge on any atom is -0.331 e. The number of hydrogen-bond donors (Lipinski definition) is 1. The van der Waals surface area contributed by atoms with Gasteiger partial charge >= 0.3 is 11.8 Å². The number of anilines is 1. The summed E-state index contributed by atoms with van der Waals surface area (Å²) in [6, 6.07) is 3.04. The lowest BCUT2D eigenvalue weighted by Gasteiger charge is -2.20. The van der Waals surface area contributed by atoms with E-state index >= 15 is 0 Å². The van der Waals surface area contributed by atoms with Crippen LogP contribution >= 0.6 is 11.6 Å². The first-order chi connectivity index (χ1) is 8.93. The Bertz CT molecular complexity index is 502. The lowest BCUT2D eigenvalue weighted by atomic mass is 10.3. The van der Waals surface area contributed by atoms with Crippen molar-refractivity contribution in [3.63, 3.8) is 0 Å². The minimum absolute atomic E-state index is 0.250. The molecule has 1 heterocycles. The fourth-order valence-corrected chi connectivity index (χ4v) is 1.64. The highest BCUT2D eigenvalue weighted by Gasteiger charge is 2.20. The number of aromatic nitrogens is 1. The van der Waals surface area contributed by atoms with Crippen molar-refractivity contribution in [2.75, 3.05) is 18.4 Å². The Morgan fingerprint density at radius 2 is 2.21 bits per heavy atom. The van der Waals surface area contributed by atoms with Crippen LogP contribution in [0.1, 0.15) is 13.8 Å². The summed E-state index contributed by atoms with van der Waals surface area (Å²) in [5.74, 6) is -1.30. The van der Waals surface area contributed by atoms with Crippen LogP contribution in [0.5, 0.6) is 0 Å². The molecule has 1 aromatic rings. The van der Waals surface area contributed by atoms with Gasteiger partial charge in [0.25, 0.3) is 0 Å². The van der Waals surface area contributed by atoms with E-state index in [9.17, 15) is 9.59 Å². The van der Waals surface area contributed by atoms with Crippen LogP contribution in [0.25, 0.3) is 0 Å². The molecule has 0 aliphatic carbocycles. The second-order valence-electron chi connectivity index (χ2n) is 4.10. The summed E-state index contributed by atoms with van der Waals surface area (Å²) in [5.41, 5.74) is 1.25. The molecule has 1 aromatic heterocycles. The number of carbonyl (C=O) groups excluding carboxylic acids is 2. The highest BCUT2D eigenvalue weighted by molar-refractivity contribution is 6.39. The van der Waals surface area contributed by atoms with Crippen molar-refractivity contribution in [3.8, 4) is 0 Å². The first-order valence-corrected chi connectivity index (χ1v) is 6.18. The van der Waals surface area contributed by atoms with Gasteiger partial charge in [0.05, 0.1) is 0 Å². The first-order valence-electron chi connectivity index (χ1n) is 5.80. The number of rotatable bonds is 4. The van der Waals surface area contributed by atoms with Crippen LogP contribution in [0.15, 0.2) is 30.5 Å². The van der Waals surface area contributed by atoms with Gasteiger partial charge in [-0.2, -0.15) is 0 Å². The van der Waals surface area contributed by atoms with E-state index in [0.29, 0.717) is 18.8 Å². The highest BCUT2D eigenvalue weighted by Crippen LogP contribution is 2.12. The topological polar surface area (TPSA) is 62.3 Å². The third-order valence-electron chi connectivity index (χ3n) is 2.31. The number of amides is 2. The number of nitrogens with one attached hydrogen (secondary N) is 1. The zero-order chi connectivity index (χ0) is 14.4. The molecule has 2 amide bonds. The molecule has 0 aromatic carbocycles. The van der Waals surface area contributed by atoms with Crippen LogP contribution in [-0.4, -0.2) is 34.8 Å². The molecule has 0 fully saturated rings. The van der Waals surface area contributed by atoms with Crippen LogP contribution < -0.4 is 5.32 Å². The summed E-state index contributed by atoms with van der Waals surface area (Å²) >= 11 is 5.70. The summed E-state index contributed by atoms with van der Waals surface area (Å²) in [6.07, 6.45) is 1.45. The Hall–Kier alpha value is -1.88. The number of nitrogens with zero attached hydrogens (tertiary/aromatic N) is 2. The van der Waals surface area contributed by atoms with Crippen molar-refractivity contribution >= 4 is 29.1 Å². The summed E-state index contributed by atoms with van der Waals surface area (Å²) in [4.78, 5) is 28.9. The Kier molecular flexibility index (Phi) is 5.51. The van der Waals surface area contributed by atoms with Crippen molar-refractivity contribution in [1.29, 1.82) is 0 Å². The molecule has 0 aliphatic rings. The van der Waals surface area contributed by atoms with Gasteiger partial charge < -0.3 is 10.2 Å². The summed E-state index contributed by atoms with van der Waals surface area (Å²) in [6.45, 7) is 8.14. The monoisotopic (exact) mass is 281 g/mol. The van der Waals surface area contributed by atoms with Gasteiger partial charge in [-0.3, -0.25) is 9.59 Å². The molecule has 0 aliphatic heterocycles. The van der Waals surface area contributed by atoms with Crippen LogP contribution in [0.4, 0.5) is 5.69 Å². The van der Waals surface area contributed by atoms with Crippen molar-refractivity contribution in [2.45, 2.75) is 13.8 Å². The number of carbonyl (C=O) groups is 2. The first kappa shape index (κ1) is 15.2. The van der Waals surface area contributed by atoms with Gasteiger partial charge in [-0.25, -0.2) is 4.98 Å². The van der Waals surface area contributed by atoms with Gasteiger partial charge in [0.15, 0.2) is 0 Å². The number of halogens is 1. The fraction of sp³-hybridized carbons (Fsp3) is 0.308. The predicted octanol–water partition coefficient (Wildman–Crippen LogP) is 2.10. The fourth-order valence-electron chi connectivity index (χ4n) is 1.46. The standard InChI is InChI=1S/C13H16ClN3O2/c1-4-17(8-9(2)3)13(19)12(18)16-10-5-6-15-11(14)7-10/h5-7H,2,4,8H2,1,3H3,(H,15,16,18). The van der Waals surface area contributed by atoms with Gasteiger partial charge in [0.2, 0.25) is 0 Å². The Morgan fingerprint density at radius 1 is 1.53 bits per heavy atom. The van der Waals surface area contributed by atoms with Gasteiger partial charge in [-0.05, 0) is 26.0 Å². The van der Waals surface area contributed by atoms with E-state index in [-0.39, 0.29) is 5.15 Å². The quantitative estimate of drug-likeness (QED) is 0.522. The molecule has 5 nitrogen and oxygen atoms in total. The molecule has 1 rings (SSSR count). The van der Waals surface area contributed by atoms with Crippen LogP contribution in [0.3, 0.4) is 0 Å². The Morgan fingerprint density at radius 3 is 2.74 bits per heavy atom. The van der Waals surface area contributed by atoms with Crippen molar-refractivity contribution < 1.29 is 9.59 Å². The van der Waals surface area contributed by atoms with Crippen LogP contribution in [0.2, 0.25) is 5.15 Å². The Labute approximate surface area is 117 Å². The van der Waals surface area contributed by atoms with E-state index in [4.69, 9.17) is 11.6 Å². The number of likely N-dealkylation sites (N-methyl/N-ethyl adjacent to an activating group) is 1. The lowest BCUT2D eigenvalue weighted by molar-refractivity contribution is -0.142. The third-order valence-corrected chi connectivity index (χ3v) is 2.52. The summed E-state index contributed by atoms with van der Waals surface area (Å²) in [5, 5.41) is 2.74. The van der Waals surface area contributed by atoms with Gasteiger partial charge in [0, 0.05) is 25.0 Å². The van der Waals surface area contributed by atoms with Gasteiger partial charge in [-0.1, -0.05) is 23.8 Å². The molecule has 0 bridgehead atoms. The second kappa shape index (κ2) is 6.89. The second-order valence-corrected chi connectivity index (χ2v) is 4.49. The normalized spacial score (nSPS) is 9.84. The predicted molar refractivity (Wildman–Crippen MR) is 74.9 cm³/mol. The van der Waals surface area contributed by atoms with E-state index in [0.717, 1.165) is 5.57 Å². The average molecular weight is 282 g/mol. The van der Waals surface area contributed by atoms with Crippen molar-refractivity contribution in [2.24, 2.45) is 0 Å². The zero-order valence-electron chi connectivity index (χ0n) is 10.9. The molecule has 0 saturated heterocycles. The smallest absolute Gasteiger partial charge is 0.313 e. The molecule has 102 valence electrons. The summed E-state index contributed by atoms with van der Waals surface area (Å²) < 4.78 is 0. The van der Waals surface area contributed by atoms with Crippen molar-refractivity contribution in [1.82, 2.24) is 9.88 Å². The number of pyridine rings is 1. The van der Waals surface area contributed by atoms with Crippen molar-refractivity contribution in [3.05, 3.63) is 35.6 Å². The molecule has 0 saturated carbocycles. The molecule has 0 atom stereocenters. The Balaban J connectivity index is 2.71. The van der Waals surface area contributed by atoms with Gasteiger partial charge in [0.1, 0.15) is 5.15 Å². The highest BCUT2D eigenvalue weighted by atomic mass is 35.5. The van der Waals surface area contributed by atoms with Crippen LogP contribution in [0, 0.1) is 0 Å². The van der Waals surface area contributed by atoms with E-state index < -0.39 is 11.8 Å². The maximum Gasteiger partial charge on any atom is 0.313 e. The molecule has 0 spiro atoms. The molecule has 0 unspecified atom stereocenters. The van der Waals surface area contributed by atoms with E-state index in [2.05, 4.69) is 16.9 Å². The maximum absolute atomic E-state index is 11.9. The third kappa shape index (κ3) is 4.71. The summed E-state index contributed by atoms with van der Waals surface area (Å²) in [7, 11) is 0. The molecule has 19 heavy (non-hydrogen) atoms. The van der Waals surface area contributed by atoms with E-state index in [1.54, 1.807) is 19.9 Å². The SMILES string of the molecule is C=C(C)CN(CC)C(=O)C(=O)Nc1ccnc(Cl)c1. The zero-order valence-corrected chi connectivity index (χ0v) is 11.7. The molecule has 1 N–H and O–H groups in total. The molecular formula is C13H16ClN3O2. The molecule has 6 heteroatoms. The lowest BCUT2D eigenvalue weighted by Crippen LogP contribution is -2.40. The molecule has 0 radical (unpaired) electrons.